The molecule has 0 saturated carbocycles. The standard InChI is InChI=1S/C11H11ClN4O2/c1-7-9(12)6-15(14-7)5-8-2-3-11(16(17)18)10(13)4-8/h2-4,6H,5,13H2,1H3. The second kappa shape index (κ2) is 4.66. The van der Waals surface area contributed by atoms with Gasteiger partial charge in [0, 0.05) is 12.3 Å². The van der Waals surface area contributed by atoms with Crippen LogP contribution in [0.15, 0.2) is 24.4 Å². The highest BCUT2D eigenvalue weighted by molar-refractivity contribution is 6.31. The molecule has 1 aromatic heterocycles. The normalized spacial score (nSPS) is 10.6. The number of nitrogens with zero attached hydrogens (tertiary/aromatic N) is 3. The molecule has 2 N–H and O–H groups in total. The number of benzene rings is 1. The zero-order valence-electron chi connectivity index (χ0n) is 9.63. The SMILES string of the molecule is Cc1nn(Cc2ccc([N+](=O)[O-])c(N)c2)cc1Cl. The maximum atomic E-state index is 10.6. The Hall–Kier alpha value is -2.08. The first-order valence-corrected chi connectivity index (χ1v) is 5.57. The Morgan fingerprint density at radius 1 is 1.56 bits per heavy atom. The van der Waals surface area contributed by atoms with E-state index in [1.54, 1.807) is 23.0 Å². The summed E-state index contributed by atoms with van der Waals surface area (Å²) in [6.45, 7) is 2.28. The van der Waals surface area contributed by atoms with E-state index in [1.165, 1.54) is 6.07 Å². The highest BCUT2D eigenvalue weighted by atomic mass is 35.5. The van der Waals surface area contributed by atoms with Crippen LogP contribution >= 0.6 is 11.6 Å². The number of aryl methyl sites for hydroxylation is 1. The molecule has 2 aromatic rings. The molecule has 7 heteroatoms. The minimum absolute atomic E-state index is 0.0894. The van der Waals surface area contributed by atoms with Gasteiger partial charge in [0.25, 0.3) is 5.69 Å². The van der Waals surface area contributed by atoms with Gasteiger partial charge in [0.05, 0.1) is 22.2 Å². The molecule has 0 bridgehead atoms. The maximum Gasteiger partial charge on any atom is 0.292 e. The summed E-state index contributed by atoms with van der Waals surface area (Å²) in [5.74, 6) is 0. The number of halogens is 1. The average molecular weight is 267 g/mol. The van der Waals surface area contributed by atoms with Gasteiger partial charge in [-0.1, -0.05) is 17.7 Å². The molecule has 0 atom stereocenters. The molecule has 0 saturated heterocycles. The summed E-state index contributed by atoms with van der Waals surface area (Å²) in [5, 5.41) is 15.4. The highest BCUT2D eigenvalue weighted by Gasteiger charge is 2.11. The molecule has 0 radical (unpaired) electrons. The molecule has 0 aliphatic rings. The van der Waals surface area contributed by atoms with Crippen molar-refractivity contribution in [2.45, 2.75) is 13.5 Å². The molecule has 0 amide bonds. The van der Waals surface area contributed by atoms with Crippen LogP contribution in [0, 0.1) is 17.0 Å². The van der Waals surface area contributed by atoms with Crippen LogP contribution in [0.3, 0.4) is 0 Å². The van der Waals surface area contributed by atoms with Gasteiger partial charge < -0.3 is 5.73 Å². The molecule has 1 heterocycles. The van der Waals surface area contributed by atoms with Crippen LogP contribution < -0.4 is 5.73 Å². The second-order valence-electron chi connectivity index (χ2n) is 3.91. The Morgan fingerprint density at radius 2 is 2.28 bits per heavy atom. The van der Waals surface area contributed by atoms with Gasteiger partial charge in [-0.05, 0) is 18.6 Å². The molecule has 0 aliphatic carbocycles. The van der Waals surface area contributed by atoms with Crippen molar-refractivity contribution >= 4 is 23.0 Å². The van der Waals surface area contributed by atoms with E-state index >= 15 is 0 Å². The van der Waals surface area contributed by atoms with Crippen LogP contribution in [0.5, 0.6) is 0 Å². The molecule has 0 aliphatic heterocycles. The molecule has 0 fully saturated rings. The monoisotopic (exact) mass is 266 g/mol. The van der Waals surface area contributed by atoms with Gasteiger partial charge in [-0.3, -0.25) is 14.8 Å². The number of hydrogen-bond donors (Lipinski definition) is 1. The maximum absolute atomic E-state index is 10.6. The Balaban J connectivity index is 2.25. The van der Waals surface area contributed by atoms with Crippen LogP contribution in [0.4, 0.5) is 11.4 Å². The number of hydrogen-bond acceptors (Lipinski definition) is 4. The van der Waals surface area contributed by atoms with E-state index in [0.29, 0.717) is 11.6 Å². The predicted molar refractivity (Wildman–Crippen MR) is 68.6 cm³/mol. The summed E-state index contributed by atoms with van der Waals surface area (Å²) in [5.41, 5.74) is 7.24. The molecule has 94 valence electrons. The summed E-state index contributed by atoms with van der Waals surface area (Å²) in [7, 11) is 0. The van der Waals surface area contributed by atoms with E-state index in [1.807, 2.05) is 6.92 Å². The summed E-state index contributed by atoms with van der Waals surface area (Å²) in [6, 6.07) is 4.62. The minimum Gasteiger partial charge on any atom is -0.393 e. The number of anilines is 1. The largest absolute Gasteiger partial charge is 0.393 e. The third-order valence-corrected chi connectivity index (χ3v) is 2.89. The van der Waals surface area contributed by atoms with Crippen molar-refractivity contribution < 1.29 is 4.92 Å². The van der Waals surface area contributed by atoms with Crippen LogP contribution in [0.25, 0.3) is 0 Å². The molecular formula is C11H11ClN4O2. The smallest absolute Gasteiger partial charge is 0.292 e. The first-order valence-electron chi connectivity index (χ1n) is 5.19. The molecule has 0 spiro atoms. The van der Waals surface area contributed by atoms with E-state index in [0.717, 1.165) is 11.3 Å². The van der Waals surface area contributed by atoms with E-state index < -0.39 is 4.92 Å². The van der Waals surface area contributed by atoms with Crippen molar-refractivity contribution in [3.63, 3.8) is 0 Å². The van der Waals surface area contributed by atoms with Crippen molar-refractivity contribution in [1.82, 2.24) is 9.78 Å². The average Bonchev–Trinajstić information content (AvgIpc) is 2.57. The molecule has 18 heavy (non-hydrogen) atoms. The number of nitro groups is 1. The van der Waals surface area contributed by atoms with Crippen LogP contribution in [0.1, 0.15) is 11.3 Å². The zero-order chi connectivity index (χ0) is 13.3. The van der Waals surface area contributed by atoms with Gasteiger partial charge in [0.1, 0.15) is 5.69 Å². The van der Waals surface area contributed by atoms with Crippen molar-refractivity contribution in [1.29, 1.82) is 0 Å². The van der Waals surface area contributed by atoms with Gasteiger partial charge in [-0.15, -0.1) is 0 Å². The Bertz CT molecular complexity index is 590. The lowest BCUT2D eigenvalue weighted by molar-refractivity contribution is -0.383. The fourth-order valence-electron chi connectivity index (χ4n) is 1.63. The topological polar surface area (TPSA) is 87.0 Å². The molecule has 1 aromatic carbocycles. The Morgan fingerprint density at radius 3 is 2.78 bits per heavy atom. The van der Waals surface area contributed by atoms with Gasteiger partial charge >= 0.3 is 0 Å². The molecule has 0 unspecified atom stereocenters. The highest BCUT2D eigenvalue weighted by Crippen LogP contribution is 2.22. The quantitative estimate of drug-likeness (QED) is 0.525. The number of rotatable bonds is 3. The summed E-state index contributed by atoms with van der Waals surface area (Å²) in [4.78, 5) is 10.1. The third kappa shape index (κ3) is 2.43. The Kier molecular flexibility index (Phi) is 3.20. The van der Waals surface area contributed by atoms with E-state index in [-0.39, 0.29) is 11.4 Å². The lowest BCUT2D eigenvalue weighted by atomic mass is 10.2. The summed E-state index contributed by atoms with van der Waals surface area (Å²) >= 11 is 5.90. The molecule has 2 rings (SSSR count). The van der Waals surface area contributed by atoms with E-state index in [2.05, 4.69) is 5.10 Å². The van der Waals surface area contributed by atoms with Gasteiger partial charge in [-0.25, -0.2) is 0 Å². The zero-order valence-corrected chi connectivity index (χ0v) is 10.4. The number of nitrogen functional groups attached to an aromatic ring is 1. The van der Waals surface area contributed by atoms with Crippen LogP contribution in [-0.4, -0.2) is 14.7 Å². The fourth-order valence-corrected chi connectivity index (χ4v) is 1.78. The molecular weight excluding hydrogens is 256 g/mol. The lowest BCUT2D eigenvalue weighted by Crippen LogP contribution is -2.02. The van der Waals surface area contributed by atoms with E-state index in [9.17, 15) is 10.1 Å². The first-order chi connectivity index (χ1) is 8.47. The Labute approximate surface area is 108 Å². The number of nitro benzene ring substituents is 1. The van der Waals surface area contributed by atoms with Gasteiger partial charge in [-0.2, -0.15) is 5.10 Å². The van der Waals surface area contributed by atoms with Crippen molar-refractivity contribution in [2.24, 2.45) is 0 Å². The lowest BCUT2D eigenvalue weighted by Gasteiger charge is -2.03. The van der Waals surface area contributed by atoms with Crippen LogP contribution in [-0.2, 0) is 6.54 Å². The minimum atomic E-state index is -0.506. The summed E-state index contributed by atoms with van der Waals surface area (Å²) < 4.78 is 1.66. The van der Waals surface area contributed by atoms with Gasteiger partial charge in [0.15, 0.2) is 0 Å². The number of nitrogens with two attached hydrogens (primary N) is 1. The molecule has 6 nitrogen and oxygen atoms in total. The second-order valence-corrected chi connectivity index (χ2v) is 4.32. The third-order valence-electron chi connectivity index (χ3n) is 2.52. The fraction of sp³-hybridized carbons (Fsp3) is 0.182. The van der Waals surface area contributed by atoms with Gasteiger partial charge in [0.2, 0.25) is 0 Å². The van der Waals surface area contributed by atoms with Crippen LogP contribution in [0.2, 0.25) is 5.02 Å². The van der Waals surface area contributed by atoms with E-state index in [4.69, 9.17) is 17.3 Å². The van der Waals surface area contributed by atoms with Crippen molar-refractivity contribution in [3.05, 3.63) is 50.8 Å². The van der Waals surface area contributed by atoms with Crippen molar-refractivity contribution in [2.75, 3.05) is 5.73 Å². The first kappa shape index (κ1) is 12.4. The van der Waals surface area contributed by atoms with Crippen molar-refractivity contribution in [3.8, 4) is 0 Å². The summed E-state index contributed by atoms with van der Waals surface area (Å²) in [6.07, 6.45) is 1.70. The predicted octanol–water partition coefficient (Wildman–Crippen LogP) is 2.38. The number of aromatic nitrogens is 2.